The maximum atomic E-state index is 5.86. The number of hydrogen-bond acceptors (Lipinski definition) is 2. The lowest BCUT2D eigenvalue weighted by molar-refractivity contribution is 0.0546. The van der Waals surface area contributed by atoms with E-state index in [2.05, 4.69) is 6.92 Å². The van der Waals surface area contributed by atoms with E-state index in [1.807, 2.05) is 30.3 Å². The first kappa shape index (κ1) is 11.2. The average Bonchev–Trinajstić information content (AvgIpc) is 2.25. The zero-order chi connectivity index (χ0) is 10.2. The van der Waals surface area contributed by atoms with E-state index in [0.29, 0.717) is 0 Å². The van der Waals surface area contributed by atoms with Gasteiger partial charge in [0.25, 0.3) is 0 Å². The van der Waals surface area contributed by atoms with Gasteiger partial charge in [0.2, 0.25) is 0 Å². The Morgan fingerprint density at radius 3 is 2.57 bits per heavy atom. The number of rotatable bonds is 6. The molecule has 0 aliphatic carbocycles. The third-order valence-corrected chi connectivity index (χ3v) is 2.17. The van der Waals surface area contributed by atoms with Gasteiger partial charge in [-0.05, 0) is 12.0 Å². The Morgan fingerprint density at radius 2 is 1.93 bits per heavy atom. The normalized spacial score (nSPS) is 12.7. The number of ether oxygens (including phenoxy) is 1. The largest absolute Gasteiger partial charge is 0.359 e. The molecule has 78 valence electrons. The Morgan fingerprint density at radius 1 is 1.21 bits per heavy atom. The minimum atomic E-state index is -0.270. The molecule has 0 bridgehead atoms. The van der Waals surface area contributed by atoms with Crippen LogP contribution in [-0.2, 0) is 4.74 Å². The van der Waals surface area contributed by atoms with Crippen LogP contribution in [0.1, 0.15) is 38.0 Å². The number of nitrogens with two attached hydrogens (primary N) is 1. The first-order chi connectivity index (χ1) is 6.84. The fourth-order valence-electron chi connectivity index (χ4n) is 1.30. The van der Waals surface area contributed by atoms with Gasteiger partial charge in [-0.1, -0.05) is 50.1 Å². The summed E-state index contributed by atoms with van der Waals surface area (Å²) in [6.45, 7) is 2.93. The third kappa shape index (κ3) is 3.90. The Labute approximate surface area is 86.1 Å². The molecule has 0 heterocycles. The Hall–Kier alpha value is -0.860. The van der Waals surface area contributed by atoms with E-state index >= 15 is 0 Å². The van der Waals surface area contributed by atoms with E-state index in [-0.39, 0.29) is 6.23 Å². The molecule has 0 saturated heterocycles. The summed E-state index contributed by atoms with van der Waals surface area (Å²) in [4.78, 5) is 0. The van der Waals surface area contributed by atoms with Gasteiger partial charge in [0.05, 0.1) is 0 Å². The van der Waals surface area contributed by atoms with E-state index < -0.39 is 0 Å². The second-order valence-corrected chi connectivity index (χ2v) is 3.41. The maximum absolute atomic E-state index is 5.86. The van der Waals surface area contributed by atoms with Crippen LogP contribution in [-0.4, -0.2) is 6.61 Å². The third-order valence-electron chi connectivity index (χ3n) is 2.17. The number of unbranched alkanes of at least 4 members (excludes halogenated alkanes) is 2. The second-order valence-electron chi connectivity index (χ2n) is 3.41. The van der Waals surface area contributed by atoms with Crippen LogP contribution in [0.4, 0.5) is 0 Å². The maximum Gasteiger partial charge on any atom is 0.131 e. The molecule has 1 rings (SSSR count). The summed E-state index contributed by atoms with van der Waals surface area (Å²) in [5.74, 6) is 0. The van der Waals surface area contributed by atoms with E-state index in [1.165, 1.54) is 12.8 Å². The van der Waals surface area contributed by atoms with Gasteiger partial charge in [-0.3, -0.25) is 0 Å². The van der Waals surface area contributed by atoms with Gasteiger partial charge in [0.1, 0.15) is 6.23 Å². The molecule has 1 atom stereocenters. The van der Waals surface area contributed by atoms with Crippen molar-refractivity contribution in [1.29, 1.82) is 0 Å². The number of hydrogen-bond donors (Lipinski definition) is 1. The van der Waals surface area contributed by atoms with Gasteiger partial charge in [-0.2, -0.15) is 0 Å². The van der Waals surface area contributed by atoms with Crippen LogP contribution < -0.4 is 5.73 Å². The van der Waals surface area contributed by atoms with Gasteiger partial charge in [-0.15, -0.1) is 0 Å². The molecule has 14 heavy (non-hydrogen) atoms. The molecule has 0 spiro atoms. The Bertz CT molecular complexity index is 235. The smallest absolute Gasteiger partial charge is 0.131 e. The molecular formula is C12H19NO. The van der Waals surface area contributed by atoms with Gasteiger partial charge >= 0.3 is 0 Å². The van der Waals surface area contributed by atoms with E-state index in [0.717, 1.165) is 18.6 Å². The molecule has 2 heteroatoms. The molecule has 1 aromatic carbocycles. The molecule has 1 aromatic rings. The minimum Gasteiger partial charge on any atom is -0.359 e. The molecule has 0 aliphatic rings. The van der Waals surface area contributed by atoms with Crippen LogP contribution >= 0.6 is 0 Å². The van der Waals surface area contributed by atoms with Crippen LogP contribution in [0.15, 0.2) is 30.3 Å². The molecule has 0 aromatic heterocycles. The lowest BCUT2D eigenvalue weighted by Gasteiger charge is -2.12. The SMILES string of the molecule is CCCCCOC(N)c1ccccc1. The predicted octanol–water partition coefficient (Wildman–Crippen LogP) is 2.85. The van der Waals surface area contributed by atoms with Crippen molar-refractivity contribution in [1.82, 2.24) is 0 Å². The molecule has 0 amide bonds. The van der Waals surface area contributed by atoms with Crippen molar-refractivity contribution in [2.24, 2.45) is 5.73 Å². The first-order valence-electron chi connectivity index (χ1n) is 5.26. The van der Waals surface area contributed by atoms with Crippen molar-refractivity contribution in [3.8, 4) is 0 Å². The van der Waals surface area contributed by atoms with Crippen LogP contribution in [0.25, 0.3) is 0 Å². The summed E-state index contributed by atoms with van der Waals surface area (Å²) in [5, 5.41) is 0. The minimum absolute atomic E-state index is 0.270. The fourth-order valence-corrected chi connectivity index (χ4v) is 1.30. The van der Waals surface area contributed by atoms with E-state index in [9.17, 15) is 0 Å². The second kappa shape index (κ2) is 6.57. The lowest BCUT2D eigenvalue weighted by Crippen LogP contribution is -2.14. The summed E-state index contributed by atoms with van der Waals surface area (Å²) in [7, 11) is 0. The van der Waals surface area contributed by atoms with Crippen molar-refractivity contribution in [2.45, 2.75) is 32.4 Å². The molecule has 0 radical (unpaired) electrons. The van der Waals surface area contributed by atoms with Crippen LogP contribution in [0.3, 0.4) is 0 Å². The monoisotopic (exact) mass is 193 g/mol. The first-order valence-corrected chi connectivity index (χ1v) is 5.26. The predicted molar refractivity (Wildman–Crippen MR) is 58.8 cm³/mol. The number of benzene rings is 1. The van der Waals surface area contributed by atoms with Crippen LogP contribution in [0, 0.1) is 0 Å². The highest BCUT2D eigenvalue weighted by Gasteiger charge is 2.03. The molecule has 0 saturated carbocycles. The molecule has 1 unspecified atom stereocenters. The van der Waals surface area contributed by atoms with Crippen LogP contribution in [0.5, 0.6) is 0 Å². The summed E-state index contributed by atoms with van der Waals surface area (Å²) >= 11 is 0. The topological polar surface area (TPSA) is 35.2 Å². The van der Waals surface area contributed by atoms with Crippen LogP contribution in [0.2, 0.25) is 0 Å². The summed E-state index contributed by atoms with van der Waals surface area (Å²) < 4.78 is 5.51. The molecule has 0 fully saturated rings. The molecular weight excluding hydrogens is 174 g/mol. The average molecular weight is 193 g/mol. The zero-order valence-electron chi connectivity index (χ0n) is 8.78. The highest BCUT2D eigenvalue weighted by atomic mass is 16.5. The standard InChI is InChI=1S/C12H19NO/c1-2-3-7-10-14-12(13)11-8-5-4-6-9-11/h4-6,8-9,12H,2-3,7,10,13H2,1H3. The van der Waals surface area contributed by atoms with Gasteiger partial charge < -0.3 is 10.5 Å². The van der Waals surface area contributed by atoms with Crippen molar-refractivity contribution >= 4 is 0 Å². The summed E-state index contributed by atoms with van der Waals surface area (Å²) in [6.07, 6.45) is 3.25. The van der Waals surface area contributed by atoms with E-state index in [1.54, 1.807) is 0 Å². The van der Waals surface area contributed by atoms with Crippen molar-refractivity contribution in [3.63, 3.8) is 0 Å². The molecule has 2 nitrogen and oxygen atoms in total. The fraction of sp³-hybridized carbons (Fsp3) is 0.500. The lowest BCUT2D eigenvalue weighted by atomic mass is 10.2. The highest BCUT2D eigenvalue weighted by Crippen LogP contribution is 2.11. The highest BCUT2D eigenvalue weighted by molar-refractivity contribution is 5.16. The van der Waals surface area contributed by atoms with Crippen molar-refractivity contribution in [2.75, 3.05) is 6.61 Å². The van der Waals surface area contributed by atoms with Gasteiger partial charge in [0, 0.05) is 6.61 Å². The molecule has 0 aliphatic heterocycles. The molecule has 2 N–H and O–H groups in total. The Balaban J connectivity index is 2.25. The van der Waals surface area contributed by atoms with Crippen molar-refractivity contribution in [3.05, 3.63) is 35.9 Å². The Kier molecular flexibility index (Phi) is 5.27. The quantitative estimate of drug-likeness (QED) is 0.557. The van der Waals surface area contributed by atoms with Crippen molar-refractivity contribution < 1.29 is 4.74 Å². The summed E-state index contributed by atoms with van der Waals surface area (Å²) in [5.41, 5.74) is 6.90. The van der Waals surface area contributed by atoms with Gasteiger partial charge in [0.15, 0.2) is 0 Å². The summed E-state index contributed by atoms with van der Waals surface area (Å²) in [6, 6.07) is 9.91. The van der Waals surface area contributed by atoms with Gasteiger partial charge in [-0.25, -0.2) is 0 Å². The zero-order valence-corrected chi connectivity index (χ0v) is 8.78. The van der Waals surface area contributed by atoms with E-state index in [4.69, 9.17) is 10.5 Å².